The Morgan fingerprint density at radius 1 is 1.41 bits per heavy atom. The Morgan fingerprint density at radius 2 is 2.29 bits per heavy atom. The summed E-state index contributed by atoms with van der Waals surface area (Å²) in [6, 6.07) is 0.546. The molecular formula is C13H21N3S. The molecular weight excluding hydrogens is 230 g/mol. The van der Waals surface area contributed by atoms with E-state index in [4.69, 9.17) is 4.98 Å². The van der Waals surface area contributed by atoms with Gasteiger partial charge in [-0.15, -0.1) is 0 Å². The van der Waals surface area contributed by atoms with E-state index in [9.17, 15) is 0 Å². The molecule has 94 valence electrons. The van der Waals surface area contributed by atoms with Crippen LogP contribution in [0.3, 0.4) is 0 Å². The number of fused-ring (bicyclic) bond motifs is 1. The van der Waals surface area contributed by atoms with Crippen molar-refractivity contribution in [2.24, 2.45) is 5.92 Å². The van der Waals surface area contributed by atoms with E-state index in [1.165, 1.54) is 54.5 Å². The third kappa shape index (κ3) is 2.08. The minimum Gasteiger partial charge on any atom is -0.348 e. The molecule has 0 radical (unpaired) electrons. The standard InChI is InChI=1S/C13H21N3S/c1-9-6-7-16(8-9)13-15-11-5-3-4-10(14-2)12(11)17-13/h9-10,14H,3-8H2,1-2H3. The van der Waals surface area contributed by atoms with Crippen LogP contribution in [0.1, 0.15) is 42.8 Å². The Bertz CT molecular complexity index is 401. The second-order valence-electron chi connectivity index (χ2n) is 5.38. The van der Waals surface area contributed by atoms with Gasteiger partial charge in [0.2, 0.25) is 0 Å². The summed E-state index contributed by atoms with van der Waals surface area (Å²) in [5, 5.41) is 4.69. The number of nitrogens with zero attached hydrogens (tertiary/aromatic N) is 2. The zero-order chi connectivity index (χ0) is 11.8. The minimum atomic E-state index is 0.546. The second kappa shape index (κ2) is 4.58. The van der Waals surface area contributed by atoms with E-state index >= 15 is 0 Å². The van der Waals surface area contributed by atoms with E-state index in [0.717, 1.165) is 5.92 Å². The van der Waals surface area contributed by atoms with Crippen molar-refractivity contribution in [3.05, 3.63) is 10.6 Å². The van der Waals surface area contributed by atoms with Gasteiger partial charge in [0.1, 0.15) is 0 Å². The molecule has 1 aromatic rings. The first-order valence-corrected chi connectivity index (χ1v) is 7.51. The maximum Gasteiger partial charge on any atom is 0.185 e. The maximum atomic E-state index is 4.87. The van der Waals surface area contributed by atoms with Gasteiger partial charge in [-0.25, -0.2) is 4.98 Å². The molecule has 2 unspecified atom stereocenters. The molecule has 2 heterocycles. The molecule has 3 rings (SSSR count). The van der Waals surface area contributed by atoms with Crippen LogP contribution in [-0.2, 0) is 6.42 Å². The quantitative estimate of drug-likeness (QED) is 0.875. The zero-order valence-electron chi connectivity index (χ0n) is 10.7. The predicted octanol–water partition coefficient (Wildman–Crippen LogP) is 2.59. The first kappa shape index (κ1) is 11.5. The zero-order valence-corrected chi connectivity index (χ0v) is 11.5. The number of rotatable bonds is 2. The number of thiazole rings is 1. The van der Waals surface area contributed by atoms with Gasteiger partial charge in [0.25, 0.3) is 0 Å². The summed E-state index contributed by atoms with van der Waals surface area (Å²) >= 11 is 1.92. The van der Waals surface area contributed by atoms with Gasteiger partial charge in [-0.3, -0.25) is 0 Å². The van der Waals surface area contributed by atoms with Crippen LogP contribution >= 0.6 is 11.3 Å². The van der Waals surface area contributed by atoms with Gasteiger partial charge >= 0.3 is 0 Å². The van der Waals surface area contributed by atoms with Gasteiger partial charge in [-0.2, -0.15) is 0 Å². The average molecular weight is 251 g/mol. The molecule has 1 saturated heterocycles. The molecule has 1 aromatic heterocycles. The van der Waals surface area contributed by atoms with E-state index in [1.807, 2.05) is 11.3 Å². The average Bonchev–Trinajstić information content (AvgIpc) is 2.93. The van der Waals surface area contributed by atoms with Gasteiger partial charge in [-0.05, 0) is 38.6 Å². The lowest BCUT2D eigenvalue weighted by Gasteiger charge is -2.19. The topological polar surface area (TPSA) is 28.2 Å². The first-order chi connectivity index (χ1) is 8.28. The van der Waals surface area contributed by atoms with Crippen LogP contribution in [0, 0.1) is 5.92 Å². The van der Waals surface area contributed by atoms with Crippen molar-refractivity contribution in [1.29, 1.82) is 0 Å². The molecule has 4 heteroatoms. The lowest BCUT2D eigenvalue weighted by atomic mass is 9.98. The Morgan fingerprint density at radius 3 is 3.00 bits per heavy atom. The molecule has 0 bridgehead atoms. The Kier molecular flexibility index (Phi) is 3.09. The first-order valence-electron chi connectivity index (χ1n) is 6.69. The lowest BCUT2D eigenvalue weighted by molar-refractivity contribution is 0.501. The van der Waals surface area contributed by atoms with Crippen molar-refractivity contribution >= 4 is 16.5 Å². The fourth-order valence-corrected chi connectivity index (χ4v) is 4.22. The van der Waals surface area contributed by atoms with Crippen LogP contribution < -0.4 is 10.2 Å². The van der Waals surface area contributed by atoms with E-state index in [-0.39, 0.29) is 0 Å². The van der Waals surface area contributed by atoms with Crippen LogP contribution in [-0.4, -0.2) is 25.1 Å². The minimum absolute atomic E-state index is 0.546. The van der Waals surface area contributed by atoms with Gasteiger partial charge in [0.05, 0.1) is 5.69 Å². The summed E-state index contributed by atoms with van der Waals surface area (Å²) in [6.07, 6.45) is 5.03. The number of aryl methyl sites for hydroxylation is 1. The van der Waals surface area contributed by atoms with Crippen LogP contribution in [0.5, 0.6) is 0 Å². The number of hydrogen-bond donors (Lipinski definition) is 1. The van der Waals surface area contributed by atoms with Gasteiger partial charge < -0.3 is 10.2 Å². The molecule has 0 spiro atoms. The summed E-state index contributed by atoms with van der Waals surface area (Å²) in [4.78, 5) is 8.84. The third-order valence-corrected chi connectivity index (χ3v) is 5.25. The van der Waals surface area contributed by atoms with Crippen LogP contribution in [0.4, 0.5) is 5.13 Å². The molecule has 0 aromatic carbocycles. The molecule has 0 saturated carbocycles. The molecule has 1 N–H and O–H groups in total. The van der Waals surface area contributed by atoms with Crippen molar-refractivity contribution in [3.63, 3.8) is 0 Å². The van der Waals surface area contributed by atoms with Crippen molar-refractivity contribution in [2.45, 2.75) is 38.6 Å². The Balaban J connectivity index is 1.85. The van der Waals surface area contributed by atoms with Crippen LogP contribution in [0.2, 0.25) is 0 Å². The number of anilines is 1. The molecule has 3 nitrogen and oxygen atoms in total. The highest BCUT2D eigenvalue weighted by Gasteiger charge is 2.27. The van der Waals surface area contributed by atoms with E-state index < -0.39 is 0 Å². The predicted molar refractivity (Wildman–Crippen MR) is 72.8 cm³/mol. The van der Waals surface area contributed by atoms with E-state index in [1.54, 1.807) is 0 Å². The molecule has 2 atom stereocenters. The van der Waals surface area contributed by atoms with Gasteiger partial charge in [-0.1, -0.05) is 18.3 Å². The van der Waals surface area contributed by atoms with Crippen LogP contribution in [0.25, 0.3) is 0 Å². The highest BCUT2D eigenvalue weighted by molar-refractivity contribution is 7.15. The summed E-state index contributed by atoms with van der Waals surface area (Å²) in [7, 11) is 2.07. The van der Waals surface area contributed by atoms with E-state index in [0.29, 0.717) is 6.04 Å². The van der Waals surface area contributed by atoms with Gasteiger partial charge in [0.15, 0.2) is 5.13 Å². The Labute approximate surface area is 107 Å². The molecule has 2 aliphatic rings. The summed E-state index contributed by atoms with van der Waals surface area (Å²) in [5.74, 6) is 0.830. The third-order valence-electron chi connectivity index (χ3n) is 3.98. The van der Waals surface area contributed by atoms with Crippen molar-refractivity contribution in [1.82, 2.24) is 10.3 Å². The fraction of sp³-hybridized carbons (Fsp3) is 0.769. The molecule has 1 aliphatic carbocycles. The number of nitrogens with one attached hydrogen (secondary N) is 1. The van der Waals surface area contributed by atoms with Crippen LogP contribution in [0.15, 0.2) is 0 Å². The largest absolute Gasteiger partial charge is 0.348 e. The SMILES string of the molecule is CNC1CCCc2nc(N3CCC(C)C3)sc21. The lowest BCUT2D eigenvalue weighted by Crippen LogP contribution is -2.20. The molecule has 17 heavy (non-hydrogen) atoms. The van der Waals surface area contributed by atoms with Crippen molar-refractivity contribution in [3.8, 4) is 0 Å². The number of hydrogen-bond acceptors (Lipinski definition) is 4. The number of aromatic nitrogens is 1. The summed E-state index contributed by atoms with van der Waals surface area (Å²) in [6.45, 7) is 4.72. The van der Waals surface area contributed by atoms with Crippen molar-refractivity contribution in [2.75, 3.05) is 25.0 Å². The molecule has 1 fully saturated rings. The molecule has 1 aliphatic heterocycles. The normalized spacial score (nSPS) is 28.5. The second-order valence-corrected chi connectivity index (χ2v) is 6.39. The molecule has 0 amide bonds. The highest BCUT2D eigenvalue weighted by Crippen LogP contribution is 2.38. The van der Waals surface area contributed by atoms with Crippen molar-refractivity contribution < 1.29 is 0 Å². The fourth-order valence-electron chi connectivity index (χ4n) is 2.93. The highest BCUT2D eigenvalue weighted by atomic mass is 32.1. The summed E-state index contributed by atoms with van der Waals surface area (Å²) < 4.78 is 0. The summed E-state index contributed by atoms with van der Waals surface area (Å²) in [5.41, 5.74) is 1.36. The smallest absolute Gasteiger partial charge is 0.185 e. The maximum absolute atomic E-state index is 4.87. The van der Waals surface area contributed by atoms with Gasteiger partial charge in [0, 0.05) is 24.0 Å². The Hall–Kier alpha value is -0.610. The monoisotopic (exact) mass is 251 g/mol. The van der Waals surface area contributed by atoms with E-state index in [2.05, 4.69) is 24.2 Å².